The largest absolute Gasteiger partial charge is 0.497 e. The van der Waals surface area contributed by atoms with Crippen LogP contribution in [0.2, 0.25) is 0 Å². The van der Waals surface area contributed by atoms with E-state index in [2.05, 4.69) is 15.5 Å². The second kappa shape index (κ2) is 5.79. The second-order valence-corrected chi connectivity index (χ2v) is 4.66. The molecule has 18 heavy (non-hydrogen) atoms. The summed E-state index contributed by atoms with van der Waals surface area (Å²) >= 11 is 1.55. The van der Waals surface area contributed by atoms with Gasteiger partial charge in [0.1, 0.15) is 16.5 Å². The molecule has 0 atom stereocenters. The third-order valence-corrected chi connectivity index (χ3v) is 3.39. The molecule has 6 heteroatoms. The van der Waals surface area contributed by atoms with Gasteiger partial charge >= 0.3 is 0 Å². The highest BCUT2D eigenvalue weighted by atomic mass is 32.1. The lowest BCUT2D eigenvalue weighted by molar-refractivity contribution is 0.395. The highest BCUT2D eigenvalue weighted by molar-refractivity contribution is 7.14. The summed E-state index contributed by atoms with van der Waals surface area (Å²) in [5.41, 5.74) is 0.929. The van der Waals surface area contributed by atoms with E-state index in [0.29, 0.717) is 0 Å². The molecule has 1 aromatic heterocycles. The van der Waals surface area contributed by atoms with Crippen molar-refractivity contribution in [2.45, 2.75) is 6.54 Å². The quantitative estimate of drug-likeness (QED) is 0.895. The van der Waals surface area contributed by atoms with Crippen LogP contribution in [-0.4, -0.2) is 31.5 Å². The summed E-state index contributed by atoms with van der Waals surface area (Å²) in [4.78, 5) is 0. The summed E-state index contributed by atoms with van der Waals surface area (Å²) in [6.07, 6.45) is 0. The van der Waals surface area contributed by atoms with Gasteiger partial charge in [0.15, 0.2) is 5.01 Å². The van der Waals surface area contributed by atoms with Crippen molar-refractivity contribution in [1.82, 2.24) is 15.5 Å². The van der Waals surface area contributed by atoms with E-state index in [-0.39, 0.29) is 0 Å². The number of rotatable bonds is 5. The summed E-state index contributed by atoms with van der Waals surface area (Å²) in [5, 5.41) is 13.1. The Hall–Kier alpha value is -1.66. The topological polar surface area (TPSA) is 56.3 Å². The maximum atomic E-state index is 5.35. The summed E-state index contributed by atoms with van der Waals surface area (Å²) in [7, 11) is 5.15. The predicted molar refractivity (Wildman–Crippen MR) is 71.2 cm³/mol. The third-order valence-electron chi connectivity index (χ3n) is 2.43. The number of hydrogen-bond donors (Lipinski definition) is 1. The Morgan fingerprint density at radius 3 is 2.72 bits per heavy atom. The van der Waals surface area contributed by atoms with Gasteiger partial charge < -0.3 is 14.8 Å². The first kappa shape index (κ1) is 12.8. The fourth-order valence-corrected chi connectivity index (χ4v) is 2.44. The standard InChI is InChI=1S/C12H15N3O2S/c1-13-7-11-14-15-12(18-11)9-5-4-8(16-2)6-10(9)17-3/h4-6,13H,7H2,1-3H3. The number of aromatic nitrogens is 2. The number of ether oxygens (including phenoxy) is 2. The molecule has 0 amide bonds. The van der Waals surface area contributed by atoms with Gasteiger partial charge in [-0.1, -0.05) is 11.3 Å². The molecule has 0 bridgehead atoms. The van der Waals surface area contributed by atoms with Gasteiger partial charge in [-0.25, -0.2) is 0 Å². The van der Waals surface area contributed by atoms with Crippen molar-refractivity contribution in [2.24, 2.45) is 0 Å². The Labute approximate surface area is 110 Å². The monoisotopic (exact) mass is 265 g/mol. The van der Waals surface area contributed by atoms with Gasteiger partial charge in [0, 0.05) is 12.6 Å². The minimum Gasteiger partial charge on any atom is -0.497 e. The molecule has 0 saturated carbocycles. The van der Waals surface area contributed by atoms with Crippen molar-refractivity contribution < 1.29 is 9.47 Å². The maximum Gasteiger partial charge on any atom is 0.151 e. The van der Waals surface area contributed by atoms with E-state index in [1.807, 2.05) is 25.2 Å². The van der Waals surface area contributed by atoms with Gasteiger partial charge in [0.05, 0.1) is 19.8 Å². The van der Waals surface area contributed by atoms with Crippen molar-refractivity contribution in [3.63, 3.8) is 0 Å². The summed E-state index contributed by atoms with van der Waals surface area (Å²) in [6, 6.07) is 5.66. The minimum atomic E-state index is 0.718. The van der Waals surface area contributed by atoms with Crippen LogP contribution in [0, 0.1) is 0 Å². The smallest absolute Gasteiger partial charge is 0.151 e. The van der Waals surface area contributed by atoms with Crippen LogP contribution in [-0.2, 0) is 6.54 Å². The van der Waals surface area contributed by atoms with Gasteiger partial charge in [0.2, 0.25) is 0 Å². The van der Waals surface area contributed by atoms with Crippen LogP contribution >= 0.6 is 11.3 Å². The second-order valence-electron chi connectivity index (χ2n) is 3.60. The Morgan fingerprint density at radius 2 is 2.06 bits per heavy atom. The van der Waals surface area contributed by atoms with Gasteiger partial charge in [-0.3, -0.25) is 0 Å². The van der Waals surface area contributed by atoms with Gasteiger partial charge in [-0.2, -0.15) is 0 Å². The predicted octanol–water partition coefficient (Wildman–Crippen LogP) is 1.94. The average molecular weight is 265 g/mol. The fraction of sp³-hybridized carbons (Fsp3) is 0.333. The third kappa shape index (κ3) is 2.60. The molecule has 0 fully saturated rings. The normalized spacial score (nSPS) is 10.4. The lowest BCUT2D eigenvalue weighted by Crippen LogP contribution is -2.04. The van der Waals surface area contributed by atoms with Crippen LogP contribution in [0.15, 0.2) is 18.2 Å². The molecule has 1 N–H and O–H groups in total. The van der Waals surface area contributed by atoms with Crippen LogP contribution in [0.5, 0.6) is 11.5 Å². The summed E-state index contributed by atoms with van der Waals surface area (Å²) < 4.78 is 10.5. The Balaban J connectivity index is 2.36. The van der Waals surface area contributed by atoms with E-state index in [9.17, 15) is 0 Å². The first-order valence-corrected chi connectivity index (χ1v) is 6.29. The highest BCUT2D eigenvalue weighted by Crippen LogP contribution is 2.34. The van der Waals surface area contributed by atoms with Crippen molar-refractivity contribution in [3.8, 4) is 22.1 Å². The van der Waals surface area contributed by atoms with Crippen molar-refractivity contribution in [2.75, 3.05) is 21.3 Å². The van der Waals surface area contributed by atoms with Crippen LogP contribution in [0.1, 0.15) is 5.01 Å². The SMILES string of the molecule is CNCc1nnc(-c2ccc(OC)cc2OC)s1. The van der Waals surface area contributed by atoms with E-state index in [1.165, 1.54) is 0 Å². The first-order chi connectivity index (χ1) is 8.78. The van der Waals surface area contributed by atoms with Gasteiger partial charge in [-0.15, -0.1) is 10.2 Å². The Bertz CT molecular complexity index is 528. The van der Waals surface area contributed by atoms with Gasteiger partial charge in [-0.05, 0) is 19.2 Å². The lowest BCUT2D eigenvalue weighted by Gasteiger charge is -2.07. The summed E-state index contributed by atoms with van der Waals surface area (Å²) in [6.45, 7) is 0.718. The molecular weight excluding hydrogens is 250 g/mol. The molecule has 1 heterocycles. The molecule has 96 valence electrons. The van der Waals surface area contributed by atoms with Crippen molar-refractivity contribution >= 4 is 11.3 Å². The molecule has 1 aromatic carbocycles. The highest BCUT2D eigenvalue weighted by Gasteiger charge is 2.12. The van der Waals surface area contributed by atoms with Gasteiger partial charge in [0.25, 0.3) is 0 Å². The number of nitrogens with zero attached hydrogens (tertiary/aromatic N) is 2. The number of methoxy groups -OCH3 is 2. The molecule has 0 spiro atoms. The van der Waals surface area contributed by atoms with Crippen LogP contribution in [0.3, 0.4) is 0 Å². The molecule has 0 radical (unpaired) electrons. The van der Waals surface area contributed by atoms with E-state index < -0.39 is 0 Å². The van der Waals surface area contributed by atoms with Crippen molar-refractivity contribution in [3.05, 3.63) is 23.2 Å². The number of hydrogen-bond acceptors (Lipinski definition) is 6. The van der Waals surface area contributed by atoms with Crippen LogP contribution < -0.4 is 14.8 Å². The molecule has 0 aliphatic rings. The molecule has 0 unspecified atom stereocenters. The molecule has 2 rings (SSSR count). The Morgan fingerprint density at radius 1 is 1.22 bits per heavy atom. The maximum absolute atomic E-state index is 5.35. The van der Waals surface area contributed by atoms with Crippen LogP contribution in [0.4, 0.5) is 0 Å². The van der Waals surface area contributed by atoms with E-state index in [0.717, 1.165) is 33.6 Å². The molecule has 0 saturated heterocycles. The average Bonchev–Trinajstić information content (AvgIpc) is 2.87. The van der Waals surface area contributed by atoms with Crippen LogP contribution in [0.25, 0.3) is 10.6 Å². The summed E-state index contributed by atoms with van der Waals surface area (Å²) in [5.74, 6) is 1.50. The molecule has 2 aromatic rings. The zero-order valence-corrected chi connectivity index (χ0v) is 11.4. The molecule has 0 aliphatic heterocycles. The minimum absolute atomic E-state index is 0.718. The lowest BCUT2D eigenvalue weighted by atomic mass is 10.2. The number of nitrogens with one attached hydrogen (secondary N) is 1. The molecule has 0 aliphatic carbocycles. The zero-order chi connectivity index (χ0) is 13.0. The van der Waals surface area contributed by atoms with Crippen molar-refractivity contribution in [1.29, 1.82) is 0 Å². The van der Waals surface area contributed by atoms with E-state index in [1.54, 1.807) is 25.6 Å². The molecular formula is C12H15N3O2S. The Kier molecular flexibility index (Phi) is 4.11. The fourth-order valence-electron chi connectivity index (χ4n) is 1.56. The van der Waals surface area contributed by atoms with E-state index >= 15 is 0 Å². The first-order valence-electron chi connectivity index (χ1n) is 5.48. The molecule has 5 nitrogen and oxygen atoms in total. The van der Waals surface area contributed by atoms with E-state index in [4.69, 9.17) is 9.47 Å². The number of benzene rings is 1. The zero-order valence-electron chi connectivity index (χ0n) is 10.6.